The van der Waals surface area contributed by atoms with Gasteiger partial charge in [-0.15, -0.1) is 0 Å². The van der Waals surface area contributed by atoms with E-state index in [0.717, 1.165) is 12.8 Å². The van der Waals surface area contributed by atoms with Crippen molar-refractivity contribution in [3.8, 4) is 0 Å². The van der Waals surface area contributed by atoms with Crippen LogP contribution in [0.4, 0.5) is 23.2 Å². The van der Waals surface area contributed by atoms with Crippen molar-refractivity contribution in [3.63, 3.8) is 0 Å². The molecule has 0 N–H and O–H groups in total. The third-order valence-corrected chi connectivity index (χ3v) is 4.64. The van der Waals surface area contributed by atoms with Crippen molar-refractivity contribution in [2.75, 3.05) is 37.7 Å². The van der Waals surface area contributed by atoms with Crippen LogP contribution in [-0.2, 0) is 4.74 Å². The summed E-state index contributed by atoms with van der Waals surface area (Å²) >= 11 is 0. The zero-order chi connectivity index (χ0) is 16.4. The Labute approximate surface area is 132 Å². The van der Waals surface area contributed by atoms with Crippen LogP contribution >= 0.6 is 0 Å². The Morgan fingerprint density at radius 1 is 1.04 bits per heavy atom. The van der Waals surface area contributed by atoms with Crippen molar-refractivity contribution in [1.82, 2.24) is 4.90 Å². The summed E-state index contributed by atoms with van der Waals surface area (Å²) in [6, 6.07) is 6.71. The maximum Gasteiger partial charge on any atom is 0.415 e. The third kappa shape index (κ3) is 3.77. The van der Waals surface area contributed by atoms with Gasteiger partial charge in [0.2, 0.25) is 0 Å². The van der Waals surface area contributed by atoms with Crippen molar-refractivity contribution in [2.45, 2.75) is 31.2 Å². The van der Waals surface area contributed by atoms with Crippen LogP contribution in [-0.4, -0.2) is 56.0 Å². The van der Waals surface area contributed by atoms with Gasteiger partial charge >= 0.3 is 6.18 Å². The third-order valence-electron chi connectivity index (χ3n) is 4.64. The van der Waals surface area contributed by atoms with Crippen LogP contribution in [0.5, 0.6) is 0 Å². The second kappa shape index (κ2) is 6.65. The number of piperidine rings is 1. The summed E-state index contributed by atoms with van der Waals surface area (Å²) < 4.78 is 57.1. The first-order chi connectivity index (χ1) is 10.9. The Hall–Kier alpha value is -1.34. The minimum Gasteiger partial charge on any atom is -0.369 e. The van der Waals surface area contributed by atoms with E-state index in [1.807, 2.05) is 9.80 Å². The SMILES string of the molecule is Fc1ccccc1N1CCC(N2CCO[C@@H](C(F)(F)F)C2)CC1. The number of benzene rings is 1. The van der Waals surface area contributed by atoms with Gasteiger partial charge in [-0.25, -0.2) is 4.39 Å². The first kappa shape index (κ1) is 16.5. The standard InChI is InChI=1S/C16H20F4N2O/c17-13-3-1-2-4-14(13)21-7-5-12(6-8-21)22-9-10-23-15(11-22)16(18,19)20/h1-4,12,15H,5-11H2/t15-/m1/s1. The van der Waals surface area contributed by atoms with Crippen molar-refractivity contribution in [3.05, 3.63) is 30.1 Å². The number of anilines is 1. The predicted octanol–water partition coefficient (Wildman–Crippen LogP) is 3.06. The maximum absolute atomic E-state index is 13.8. The summed E-state index contributed by atoms with van der Waals surface area (Å²) in [5.74, 6) is -0.255. The highest BCUT2D eigenvalue weighted by atomic mass is 19.4. The fraction of sp³-hybridized carbons (Fsp3) is 0.625. The molecule has 0 spiro atoms. The normalized spacial score (nSPS) is 24.9. The molecule has 0 unspecified atom stereocenters. The molecule has 2 aliphatic rings. The van der Waals surface area contributed by atoms with Crippen LogP contribution in [0.15, 0.2) is 24.3 Å². The van der Waals surface area contributed by atoms with Crippen molar-refractivity contribution in [2.24, 2.45) is 0 Å². The number of hydrogen-bond donors (Lipinski definition) is 0. The van der Waals surface area contributed by atoms with E-state index in [9.17, 15) is 17.6 Å². The monoisotopic (exact) mass is 332 g/mol. The molecule has 0 radical (unpaired) electrons. The fourth-order valence-corrected chi connectivity index (χ4v) is 3.38. The lowest BCUT2D eigenvalue weighted by Crippen LogP contribution is -2.54. The van der Waals surface area contributed by atoms with E-state index in [0.29, 0.717) is 25.3 Å². The summed E-state index contributed by atoms with van der Waals surface area (Å²) in [6.07, 6.45) is -4.54. The highest BCUT2D eigenvalue weighted by Gasteiger charge is 2.44. The lowest BCUT2D eigenvalue weighted by molar-refractivity contribution is -0.239. The lowest BCUT2D eigenvalue weighted by atomic mass is 10.0. The van der Waals surface area contributed by atoms with Crippen molar-refractivity contribution < 1.29 is 22.3 Å². The molecule has 0 amide bonds. The smallest absolute Gasteiger partial charge is 0.369 e. The minimum atomic E-state index is -4.31. The molecule has 7 heteroatoms. The maximum atomic E-state index is 13.8. The summed E-state index contributed by atoms with van der Waals surface area (Å²) in [6.45, 7) is 1.84. The molecule has 3 rings (SSSR count). The van der Waals surface area contributed by atoms with Gasteiger partial charge in [0, 0.05) is 32.2 Å². The number of hydrogen-bond acceptors (Lipinski definition) is 3. The van der Waals surface area contributed by atoms with E-state index < -0.39 is 12.3 Å². The molecule has 1 aromatic rings. The number of nitrogens with zero attached hydrogens (tertiary/aromatic N) is 2. The minimum absolute atomic E-state index is 0.103. The number of halogens is 4. The van der Waals surface area contributed by atoms with Crippen LogP contribution in [0, 0.1) is 5.82 Å². The Morgan fingerprint density at radius 2 is 1.74 bits per heavy atom. The fourth-order valence-electron chi connectivity index (χ4n) is 3.38. The number of ether oxygens (including phenoxy) is 1. The van der Waals surface area contributed by atoms with Crippen LogP contribution < -0.4 is 4.90 Å². The van der Waals surface area contributed by atoms with Crippen molar-refractivity contribution in [1.29, 1.82) is 0 Å². The molecule has 2 aliphatic heterocycles. The average molecular weight is 332 g/mol. The molecular formula is C16H20F4N2O. The first-order valence-corrected chi connectivity index (χ1v) is 7.87. The first-order valence-electron chi connectivity index (χ1n) is 7.87. The van der Waals surface area contributed by atoms with E-state index in [2.05, 4.69) is 0 Å². The quantitative estimate of drug-likeness (QED) is 0.774. The summed E-state index contributed by atoms with van der Waals surface area (Å²) in [5.41, 5.74) is 0.570. The highest BCUT2D eigenvalue weighted by Crippen LogP contribution is 2.29. The predicted molar refractivity (Wildman–Crippen MR) is 79.0 cm³/mol. The van der Waals surface area contributed by atoms with E-state index in [-0.39, 0.29) is 25.0 Å². The van der Waals surface area contributed by atoms with Crippen molar-refractivity contribution >= 4 is 5.69 Å². The molecule has 0 bridgehead atoms. The van der Waals surface area contributed by atoms with Gasteiger partial charge in [-0.2, -0.15) is 13.2 Å². The molecule has 1 aromatic carbocycles. The Morgan fingerprint density at radius 3 is 2.39 bits per heavy atom. The molecule has 2 heterocycles. The van der Waals surface area contributed by atoms with E-state index in [4.69, 9.17) is 4.74 Å². The van der Waals surface area contributed by atoms with E-state index in [1.54, 1.807) is 18.2 Å². The van der Waals surface area contributed by atoms with Gasteiger partial charge in [-0.3, -0.25) is 4.90 Å². The largest absolute Gasteiger partial charge is 0.415 e. The molecular weight excluding hydrogens is 312 g/mol. The molecule has 2 fully saturated rings. The van der Waals surface area contributed by atoms with Gasteiger partial charge in [-0.05, 0) is 25.0 Å². The molecule has 23 heavy (non-hydrogen) atoms. The molecule has 3 nitrogen and oxygen atoms in total. The topological polar surface area (TPSA) is 15.7 Å². The Bertz CT molecular complexity index is 529. The molecule has 0 aromatic heterocycles. The number of rotatable bonds is 2. The van der Waals surface area contributed by atoms with Gasteiger partial charge < -0.3 is 9.64 Å². The van der Waals surface area contributed by atoms with E-state index >= 15 is 0 Å². The molecule has 2 saturated heterocycles. The zero-order valence-corrected chi connectivity index (χ0v) is 12.7. The van der Waals surface area contributed by atoms with Gasteiger partial charge in [0.25, 0.3) is 0 Å². The Balaban J connectivity index is 1.58. The summed E-state index contributed by atoms with van der Waals surface area (Å²) in [5, 5.41) is 0. The van der Waals surface area contributed by atoms with Gasteiger partial charge in [-0.1, -0.05) is 12.1 Å². The van der Waals surface area contributed by atoms with Crippen LogP contribution in [0.3, 0.4) is 0 Å². The van der Waals surface area contributed by atoms with Crippen LogP contribution in [0.1, 0.15) is 12.8 Å². The number of morpholine rings is 1. The average Bonchev–Trinajstić information content (AvgIpc) is 2.55. The molecule has 0 aliphatic carbocycles. The second-order valence-electron chi connectivity index (χ2n) is 6.07. The highest BCUT2D eigenvalue weighted by molar-refractivity contribution is 5.47. The molecule has 0 saturated carbocycles. The zero-order valence-electron chi connectivity index (χ0n) is 12.7. The van der Waals surface area contributed by atoms with Gasteiger partial charge in [0.15, 0.2) is 6.10 Å². The van der Waals surface area contributed by atoms with Crippen LogP contribution in [0.2, 0.25) is 0 Å². The summed E-state index contributed by atoms with van der Waals surface area (Å²) in [7, 11) is 0. The van der Waals surface area contributed by atoms with Gasteiger partial charge in [0.1, 0.15) is 5.82 Å². The Kier molecular flexibility index (Phi) is 4.77. The molecule has 128 valence electrons. The van der Waals surface area contributed by atoms with Gasteiger partial charge in [0.05, 0.1) is 12.3 Å². The van der Waals surface area contributed by atoms with Crippen LogP contribution in [0.25, 0.3) is 0 Å². The number of para-hydroxylation sites is 1. The summed E-state index contributed by atoms with van der Waals surface area (Å²) in [4.78, 5) is 3.84. The molecule has 1 atom stereocenters. The second-order valence-corrected chi connectivity index (χ2v) is 6.07. The lowest BCUT2D eigenvalue weighted by Gasteiger charge is -2.43. The number of alkyl halides is 3. The van der Waals surface area contributed by atoms with E-state index in [1.165, 1.54) is 6.07 Å².